The second-order valence-corrected chi connectivity index (χ2v) is 5.69. The summed E-state index contributed by atoms with van der Waals surface area (Å²) >= 11 is 0. The van der Waals surface area contributed by atoms with Gasteiger partial charge in [0, 0.05) is 12.3 Å². The molecular formula is C18H26O3. The lowest BCUT2D eigenvalue weighted by molar-refractivity contribution is -0.151. The quantitative estimate of drug-likeness (QED) is 0.726. The summed E-state index contributed by atoms with van der Waals surface area (Å²) in [4.78, 5) is 11.6. The van der Waals surface area contributed by atoms with Crippen LogP contribution >= 0.6 is 0 Å². The summed E-state index contributed by atoms with van der Waals surface area (Å²) in [5.41, 5.74) is 1.26. The van der Waals surface area contributed by atoms with Crippen molar-refractivity contribution in [3.63, 3.8) is 0 Å². The van der Waals surface area contributed by atoms with Crippen LogP contribution in [0.25, 0.3) is 0 Å². The van der Waals surface area contributed by atoms with Crippen molar-refractivity contribution < 1.29 is 14.3 Å². The lowest BCUT2D eigenvalue weighted by Gasteiger charge is -2.31. The van der Waals surface area contributed by atoms with Gasteiger partial charge in [-0.2, -0.15) is 0 Å². The van der Waals surface area contributed by atoms with Gasteiger partial charge in [0.05, 0.1) is 6.61 Å². The summed E-state index contributed by atoms with van der Waals surface area (Å²) < 4.78 is 11.3. The Morgan fingerprint density at radius 1 is 1.14 bits per heavy atom. The summed E-state index contributed by atoms with van der Waals surface area (Å²) in [5, 5.41) is 0. The van der Waals surface area contributed by atoms with Gasteiger partial charge < -0.3 is 9.47 Å². The van der Waals surface area contributed by atoms with Crippen molar-refractivity contribution in [1.29, 1.82) is 0 Å². The maximum atomic E-state index is 11.6. The molecule has 1 aliphatic rings. The smallest absolute Gasteiger partial charge is 0.305 e. The maximum Gasteiger partial charge on any atom is 0.305 e. The first-order chi connectivity index (χ1) is 10.2. The Bertz CT molecular complexity index is 438. The maximum absolute atomic E-state index is 11.6. The Hall–Kier alpha value is -1.51. The highest BCUT2D eigenvalue weighted by atomic mass is 16.5. The summed E-state index contributed by atoms with van der Waals surface area (Å²) in [6.45, 7) is 4.70. The third kappa shape index (κ3) is 4.48. The molecule has 1 fully saturated rings. The van der Waals surface area contributed by atoms with E-state index >= 15 is 0 Å². The molecule has 0 N–H and O–H groups in total. The Morgan fingerprint density at radius 3 is 2.52 bits per heavy atom. The molecule has 0 heterocycles. The van der Waals surface area contributed by atoms with Crippen LogP contribution < -0.4 is 4.74 Å². The highest BCUT2D eigenvalue weighted by molar-refractivity contribution is 5.69. The van der Waals surface area contributed by atoms with Crippen molar-refractivity contribution >= 4 is 5.97 Å². The molecule has 0 spiro atoms. The Labute approximate surface area is 127 Å². The number of hydrogen-bond acceptors (Lipinski definition) is 3. The first kappa shape index (κ1) is 15.9. The molecular weight excluding hydrogens is 264 g/mol. The third-order valence-electron chi connectivity index (χ3n) is 4.06. The second kappa shape index (κ2) is 8.06. The fourth-order valence-electron chi connectivity index (χ4n) is 2.90. The number of esters is 1. The first-order valence-corrected chi connectivity index (χ1v) is 8.16. The molecule has 1 aromatic rings. The molecule has 1 aromatic carbocycles. The zero-order valence-corrected chi connectivity index (χ0v) is 13.1. The lowest BCUT2D eigenvalue weighted by atomic mass is 9.81. The van der Waals surface area contributed by atoms with Crippen LogP contribution in [0, 0.1) is 0 Å². The number of benzene rings is 1. The van der Waals surface area contributed by atoms with E-state index in [2.05, 4.69) is 19.1 Å². The molecule has 21 heavy (non-hydrogen) atoms. The zero-order valence-electron chi connectivity index (χ0n) is 13.1. The molecule has 0 bridgehead atoms. The number of carbonyl (C=O) groups excluding carboxylic acids is 1. The van der Waals surface area contributed by atoms with E-state index in [4.69, 9.17) is 9.47 Å². The van der Waals surface area contributed by atoms with E-state index < -0.39 is 0 Å². The minimum atomic E-state index is -0.0881. The van der Waals surface area contributed by atoms with Gasteiger partial charge in [-0.15, -0.1) is 0 Å². The molecule has 2 rings (SSSR count). The molecule has 0 amide bonds. The molecule has 3 heteroatoms. The highest BCUT2D eigenvalue weighted by Crippen LogP contribution is 2.35. The van der Waals surface area contributed by atoms with Crippen molar-refractivity contribution in [2.24, 2.45) is 0 Å². The van der Waals surface area contributed by atoms with Crippen LogP contribution in [0.4, 0.5) is 0 Å². The van der Waals surface area contributed by atoms with E-state index in [0.717, 1.165) is 38.0 Å². The van der Waals surface area contributed by atoms with Gasteiger partial charge in [0.25, 0.3) is 0 Å². The number of rotatable bonds is 6. The van der Waals surface area contributed by atoms with Crippen LogP contribution in [0.2, 0.25) is 0 Å². The average molecular weight is 290 g/mol. The van der Waals surface area contributed by atoms with Crippen molar-refractivity contribution in [2.75, 3.05) is 6.61 Å². The van der Waals surface area contributed by atoms with E-state index in [0.29, 0.717) is 12.3 Å². The highest BCUT2D eigenvalue weighted by Gasteiger charge is 2.29. The predicted octanol–water partition coefficient (Wildman–Crippen LogP) is 4.45. The van der Waals surface area contributed by atoms with Crippen LogP contribution in [0.15, 0.2) is 24.3 Å². The van der Waals surface area contributed by atoms with Crippen molar-refractivity contribution in [1.82, 2.24) is 0 Å². The fraction of sp³-hybridized carbons (Fsp3) is 0.611. The molecule has 0 unspecified atom stereocenters. The van der Waals surface area contributed by atoms with Crippen LogP contribution in [-0.4, -0.2) is 18.7 Å². The van der Waals surface area contributed by atoms with Crippen molar-refractivity contribution in [2.45, 2.75) is 64.4 Å². The van der Waals surface area contributed by atoms with E-state index in [1.807, 2.05) is 19.1 Å². The fourth-order valence-corrected chi connectivity index (χ4v) is 2.90. The van der Waals surface area contributed by atoms with Gasteiger partial charge in [-0.1, -0.05) is 32.4 Å². The normalized spacial score (nSPS) is 21.8. The lowest BCUT2D eigenvalue weighted by Crippen LogP contribution is -2.28. The van der Waals surface area contributed by atoms with Crippen LogP contribution in [0.3, 0.4) is 0 Å². The van der Waals surface area contributed by atoms with E-state index in [1.165, 1.54) is 12.0 Å². The number of ether oxygens (including phenoxy) is 2. The summed E-state index contributed by atoms with van der Waals surface area (Å²) in [6.07, 6.45) is 5.93. The van der Waals surface area contributed by atoms with Gasteiger partial charge in [-0.3, -0.25) is 4.79 Å². The summed E-state index contributed by atoms with van der Waals surface area (Å²) in [7, 11) is 0. The molecule has 1 aliphatic carbocycles. The minimum absolute atomic E-state index is 0.0358. The van der Waals surface area contributed by atoms with Gasteiger partial charge in [-0.25, -0.2) is 0 Å². The first-order valence-electron chi connectivity index (χ1n) is 8.16. The van der Waals surface area contributed by atoms with Crippen LogP contribution in [0.1, 0.15) is 63.9 Å². The molecule has 1 saturated carbocycles. The number of hydrogen-bond donors (Lipinski definition) is 0. The minimum Gasteiger partial charge on any atom is -0.494 e. The van der Waals surface area contributed by atoms with Crippen molar-refractivity contribution in [3.05, 3.63) is 29.8 Å². The van der Waals surface area contributed by atoms with Crippen molar-refractivity contribution in [3.8, 4) is 5.75 Å². The monoisotopic (exact) mass is 290 g/mol. The number of carbonyl (C=O) groups is 1. The van der Waals surface area contributed by atoms with Gasteiger partial charge in [-0.05, 0) is 43.4 Å². The molecule has 0 radical (unpaired) electrons. The summed E-state index contributed by atoms with van der Waals surface area (Å²) in [6, 6.07) is 8.29. The molecule has 2 atom stereocenters. The SMILES string of the molecule is CCCOc1ccc([C@@H]2CCCC[C@H]2OC(=O)CC)cc1. The van der Waals surface area contributed by atoms with Gasteiger partial charge in [0.15, 0.2) is 0 Å². The van der Waals surface area contributed by atoms with E-state index in [1.54, 1.807) is 0 Å². The Morgan fingerprint density at radius 2 is 1.86 bits per heavy atom. The molecule has 0 aromatic heterocycles. The topological polar surface area (TPSA) is 35.5 Å². The zero-order chi connectivity index (χ0) is 15.1. The third-order valence-corrected chi connectivity index (χ3v) is 4.06. The summed E-state index contributed by atoms with van der Waals surface area (Å²) in [5.74, 6) is 1.16. The largest absolute Gasteiger partial charge is 0.494 e. The average Bonchev–Trinajstić information content (AvgIpc) is 2.54. The standard InChI is InChI=1S/C18H26O3/c1-3-13-20-15-11-9-14(10-12-15)16-7-5-6-8-17(16)21-18(19)4-2/h9-12,16-17H,3-8,13H2,1-2H3/t16-,17+/m0/s1. The van der Waals surface area contributed by atoms with E-state index in [9.17, 15) is 4.79 Å². The molecule has 116 valence electrons. The Kier molecular flexibility index (Phi) is 6.09. The van der Waals surface area contributed by atoms with Gasteiger partial charge in [0.1, 0.15) is 11.9 Å². The molecule has 0 saturated heterocycles. The Balaban J connectivity index is 2.04. The molecule has 0 aliphatic heterocycles. The predicted molar refractivity (Wildman–Crippen MR) is 83.6 cm³/mol. The molecule has 3 nitrogen and oxygen atoms in total. The van der Waals surface area contributed by atoms with Crippen LogP contribution in [-0.2, 0) is 9.53 Å². The van der Waals surface area contributed by atoms with Gasteiger partial charge >= 0.3 is 5.97 Å². The van der Waals surface area contributed by atoms with Crippen LogP contribution in [0.5, 0.6) is 5.75 Å². The second-order valence-electron chi connectivity index (χ2n) is 5.69. The van der Waals surface area contributed by atoms with Gasteiger partial charge in [0.2, 0.25) is 0 Å². The van der Waals surface area contributed by atoms with E-state index in [-0.39, 0.29) is 12.1 Å².